The minimum atomic E-state index is -3.82. The summed E-state index contributed by atoms with van der Waals surface area (Å²) in [6.45, 7) is 5.88. The number of aromatic nitrogens is 2. The molecule has 0 bridgehead atoms. The second-order valence-electron chi connectivity index (χ2n) is 6.48. The van der Waals surface area contributed by atoms with Crippen LogP contribution >= 0.6 is 0 Å². The van der Waals surface area contributed by atoms with E-state index in [1.54, 1.807) is 44.2 Å². The van der Waals surface area contributed by atoms with Crippen LogP contribution in [-0.4, -0.2) is 30.9 Å². The molecule has 8 nitrogen and oxygen atoms in total. The van der Waals surface area contributed by atoms with Crippen molar-refractivity contribution < 1.29 is 17.9 Å². The van der Waals surface area contributed by atoms with E-state index in [1.807, 2.05) is 6.92 Å². The lowest BCUT2D eigenvalue weighted by Crippen LogP contribution is -2.15. The first kappa shape index (κ1) is 21.3. The van der Waals surface area contributed by atoms with Crippen molar-refractivity contribution in [3.63, 3.8) is 0 Å². The van der Waals surface area contributed by atoms with Crippen LogP contribution in [0.2, 0.25) is 0 Å². The van der Waals surface area contributed by atoms with Crippen molar-refractivity contribution in [2.45, 2.75) is 25.7 Å². The summed E-state index contributed by atoms with van der Waals surface area (Å²) >= 11 is 0. The largest absolute Gasteiger partial charge is 0.494 e. The van der Waals surface area contributed by atoms with E-state index in [9.17, 15) is 13.2 Å². The van der Waals surface area contributed by atoms with E-state index in [0.717, 1.165) is 0 Å². The number of nitrogens with zero attached hydrogens (tertiary/aromatic N) is 2. The summed E-state index contributed by atoms with van der Waals surface area (Å²) in [6, 6.07) is 14.2. The second kappa shape index (κ2) is 8.91. The summed E-state index contributed by atoms with van der Waals surface area (Å²) in [5.74, 6) is 1.05. The Balaban J connectivity index is 1.69. The Kier molecular flexibility index (Phi) is 6.31. The number of amides is 1. The Hall–Kier alpha value is -3.46. The van der Waals surface area contributed by atoms with Gasteiger partial charge in [-0.05, 0) is 69.3 Å². The number of ether oxygens (including phenoxy) is 1. The van der Waals surface area contributed by atoms with Crippen molar-refractivity contribution in [1.82, 2.24) is 9.97 Å². The van der Waals surface area contributed by atoms with E-state index in [1.165, 1.54) is 24.3 Å². The van der Waals surface area contributed by atoms with E-state index >= 15 is 0 Å². The molecule has 0 atom stereocenters. The first-order valence-corrected chi connectivity index (χ1v) is 10.7. The summed E-state index contributed by atoms with van der Waals surface area (Å²) in [6.07, 6.45) is 0. The molecule has 0 radical (unpaired) electrons. The molecular weight excluding hydrogens is 404 g/mol. The molecule has 3 rings (SSSR count). The molecule has 0 aliphatic heterocycles. The Morgan fingerprint density at radius 2 is 1.67 bits per heavy atom. The van der Waals surface area contributed by atoms with Gasteiger partial charge in [0, 0.05) is 23.0 Å². The zero-order valence-electron chi connectivity index (χ0n) is 16.8. The monoisotopic (exact) mass is 426 g/mol. The maximum atomic E-state index is 12.6. The molecule has 1 aromatic heterocycles. The number of anilines is 2. The maximum absolute atomic E-state index is 12.6. The minimum absolute atomic E-state index is 0.0514. The Morgan fingerprint density at radius 1 is 1.00 bits per heavy atom. The number of sulfonamides is 1. The molecule has 30 heavy (non-hydrogen) atoms. The van der Waals surface area contributed by atoms with Gasteiger partial charge in [0.15, 0.2) is 0 Å². The molecular formula is C21H22N4O4S. The van der Waals surface area contributed by atoms with Crippen LogP contribution in [0.4, 0.5) is 11.5 Å². The summed E-state index contributed by atoms with van der Waals surface area (Å²) in [5, 5.41) is 2.74. The lowest BCUT2D eigenvalue weighted by Gasteiger charge is -2.10. The van der Waals surface area contributed by atoms with Crippen molar-refractivity contribution >= 4 is 27.4 Å². The highest BCUT2D eigenvalue weighted by molar-refractivity contribution is 7.92. The van der Waals surface area contributed by atoms with Gasteiger partial charge >= 0.3 is 0 Å². The van der Waals surface area contributed by atoms with Crippen LogP contribution in [0, 0.1) is 13.8 Å². The fraction of sp³-hybridized carbons (Fsp3) is 0.190. The number of carbonyl (C=O) groups is 1. The molecule has 1 heterocycles. The van der Waals surface area contributed by atoms with Crippen molar-refractivity contribution in [1.29, 1.82) is 0 Å². The fourth-order valence-electron chi connectivity index (χ4n) is 2.76. The van der Waals surface area contributed by atoms with Gasteiger partial charge < -0.3 is 10.1 Å². The highest BCUT2D eigenvalue weighted by Gasteiger charge is 2.16. The van der Waals surface area contributed by atoms with Gasteiger partial charge in [-0.25, -0.2) is 18.4 Å². The lowest BCUT2D eigenvalue weighted by atomic mass is 10.2. The average molecular weight is 426 g/mol. The molecule has 0 saturated heterocycles. The number of carbonyl (C=O) groups excluding carboxylic acids is 1. The van der Waals surface area contributed by atoms with Crippen LogP contribution in [0.1, 0.15) is 28.8 Å². The van der Waals surface area contributed by atoms with Crippen LogP contribution in [-0.2, 0) is 10.0 Å². The standard InChI is InChI=1S/C21H22N4O4S/c1-4-29-18-9-5-16(6-10-18)21(26)24-17-7-11-19(12-8-17)30(27,28)25-20-13-14(2)22-15(3)23-20/h5-13H,4H2,1-3H3,(H,24,26)(H,22,23,25). The average Bonchev–Trinajstić information content (AvgIpc) is 2.68. The van der Waals surface area contributed by atoms with Gasteiger partial charge in [0.1, 0.15) is 17.4 Å². The summed E-state index contributed by atoms with van der Waals surface area (Å²) in [5.41, 5.74) is 1.60. The molecule has 0 saturated carbocycles. The van der Waals surface area contributed by atoms with Crippen molar-refractivity contribution in [2.75, 3.05) is 16.6 Å². The number of hydrogen-bond acceptors (Lipinski definition) is 6. The SMILES string of the molecule is CCOc1ccc(C(=O)Nc2ccc(S(=O)(=O)Nc3cc(C)nc(C)n3)cc2)cc1. The Labute approximate surface area is 175 Å². The molecule has 3 aromatic rings. The number of aryl methyl sites for hydroxylation is 2. The quantitative estimate of drug-likeness (QED) is 0.598. The number of benzene rings is 2. The first-order valence-electron chi connectivity index (χ1n) is 9.26. The maximum Gasteiger partial charge on any atom is 0.263 e. The highest BCUT2D eigenvalue weighted by Crippen LogP contribution is 2.19. The number of nitrogens with one attached hydrogen (secondary N) is 2. The summed E-state index contributed by atoms with van der Waals surface area (Å²) in [4.78, 5) is 20.6. The van der Waals surface area contributed by atoms with Crippen LogP contribution in [0.25, 0.3) is 0 Å². The normalized spacial score (nSPS) is 11.0. The highest BCUT2D eigenvalue weighted by atomic mass is 32.2. The predicted molar refractivity (Wildman–Crippen MR) is 114 cm³/mol. The van der Waals surface area contributed by atoms with Gasteiger partial charge in [0.05, 0.1) is 11.5 Å². The molecule has 0 unspecified atom stereocenters. The molecule has 0 spiro atoms. The molecule has 156 valence electrons. The van der Waals surface area contributed by atoms with Crippen molar-refractivity contribution in [3.05, 3.63) is 71.7 Å². The van der Waals surface area contributed by atoms with Crippen molar-refractivity contribution in [3.8, 4) is 5.75 Å². The summed E-state index contributed by atoms with van der Waals surface area (Å²) in [7, 11) is -3.82. The number of rotatable bonds is 7. The Bertz CT molecular complexity index is 1120. The van der Waals surface area contributed by atoms with Gasteiger partial charge in [-0.2, -0.15) is 0 Å². The predicted octanol–water partition coefficient (Wildman–Crippen LogP) is 3.55. The van der Waals surface area contributed by atoms with Gasteiger partial charge in [-0.15, -0.1) is 0 Å². The third kappa shape index (κ3) is 5.32. The van der Waals surface area contributed by atoms with E-state index in [4.69, 9.17) is 4.74 Å². The summed E-state index contributed by atoms with van der Waals surface area (Å²) < 4.78 is 33.0. The topological polar surface area (TPSA) is 110 Å². The molecule has 0 aliphatic carbocycles. The van der Waals surface area contributed by atoms with Crippen LogP contribution in [0.15, 0.2) is 59.5 Å². The smallest absolute Gasteiger partial charge is 0.263 e. The van der Waals surface area contributed by atoms with E-state index in [2.05, 4.69) is 20.0 Å². The van der Waals surface area contributed by atoms with Crippen molar-refractivity contribution in [2.24, 2.45) is 0 Å². The van der Waals surface area contributed by atoms with E-state index < -0.39 is 10.0 Å². The van der Waals surface area contributed by atoms with Gasteiger partial charge in [0.25, 0.3) is 15.9 Å². The van der Waals surface area contributed by atoms with E-state index in [-0.39, 0.29) is 16.6 Å². The molecule has 2 aromatic carbocycles. The van der Waals surface area contributed by atoms with Crippen LogP contribution in [0.3, 0.4) is 0 Å². The molecule has 0 aliphatic rings. The minimum Gasteiger partial charge on any atom is -0.494 e. The zero-order chi connectivity index (χ0) is 21.7. The van der Waals surface area contributed by atoms with Crippen LogP contribution < -0.4 is 14.8 Å². The lowest BCUT2D eigenvalue weighted by molar-refractivity contribution is 0.102. The number of hydrogen-bond donors (Lipinski definition) is 2. The third-order valence-corrected chi connectivity index (χ3v) is 5.43. The van der Waals surface area contributed by atoms with Gasteiger partial charge in [0.2, 0.25) is 0 Å². The molecule has 0 fully saturated rings. The first-order chi connectivity index (χ1) is 14.3. The van der Waals surface area contributed by atoms with E-state index in [0.29, 0.717) is 35.1 Å². The molecule has 9 heteroatoms. The fourth-order valence-corrected chi connectivity index (χ4v) is 3.75. The molecule has 2 N–H and O–H groups in total. The second-order valence-corrected chi connectivity index (χ2v) is 8.17. The zero-order valence-corrected chi connectivity index (χ0v) is 17.7. The van der Waals surface area contributed by atoms with Gasteiger partial charge in [-0.1, -0.05) is 0 Å². The third-order valence-electron chi connectivity index (χ3n) is 4.05. The Morgan fingerprint density at radius 3 is 2.27 bits per heavy atom. The van der Waals surface area contributed by atoms with Gasteiger partial charge in [-0.3, -0.25) is 9.52 Å². The van der Waals surface area contributed by atoms with Crippen LogP contribution in [0.5, 0.6) is 5.75 Å². The molecule has 1 amide bonds.